The zero-order chi connectivity index (χ0) is 23.1. The fraction of sp³-hybridized carbons (Fsp3) is 0.231. The molecule has 0 aliphatic carbocycles. The van der Waals surface area contributed by atoms with Gasteiger partial charge in [0, 0.05) is 19.6 Å². The molecule has 0 radical (unpaired) electrons. The molecule has 6 nitrogen and oxygen atoms in total. The second-order valence-electron chi connectivity index (χ2n) is 7.51. The highest BCUT2D eigenvalue weighted by molar-refractivity contribution is 7.48. The average Bonchev–Trinajstić information content (AvgIpc) is 2.88. The molecule has 0 aromatic heterocycles. The summed E-state index contributed by atoms with van der Waals surface area (Å²) in [5, 5.41) is 4.40. The van der Waals surface area contributed by atoms with Crippen LogP contribution in [-0.2, 0) is 29.5 Å². The molecule has 0 aliphatic rings. The molecule has 172 valence electrons. The number of hydrogen-bond acceptors (Lipinski definition) is 6. The summed E-state index contributed by atoms with van der Waals surface area (Å²) in [6.07, 6.45) is -0.505. The molecule has 4 aromatic carbocycles. The largest absolute Gasteiger partial charge is 0.490 e. The van der Waals surface area contributed by atoms with Crippen LogP contribution in [0.1, 0.15) is 5.56 Å². The maximum absolute atomic E-state index is 12.4. The Morgan fingerprint density at radius 2 is 1.45 bits per heavy atom. The van der Waals surface area contributed by atoms with Gasteiger partial charge in [0.05, 0.1) is 13.2 Å². The SMILES string of the molecule is COP(=O)(OC)OCC(COc1cccc2ccccc12)OCc1ccc2ccccc2c1. The van der Waals surface area contributed by atoms with Crippen LogP contribution >= 0.6 is 7.82 Å². The molecule has 1 atom stereocenters. The first-order valence-electron chi connectivity index (χ1n) is 10.7. The van der Waals surface area contributed by atoms with Crippen LogP contribution in [0.5, 0.6) is 5.75 Å². The number of phosphoric ester groups is 1. The smallest absolute Gasteiger partial charge is 0.474 e. The van der Waals surface area contributed by atoms with E-state index in [2.05, 4.69) is 24.3 Å². The van der Waals surface area contributed by atoms with Crippen LogP contribution in [0, 0.1) is 0 Å². The molecule has 0 bridgehead atoms. The molecule has 4 aromatic rings. The second-order valence-corrected chi connectivity index (χ2v) is 9.39. The third kappa shape index (κ3) is 5.99. The first kappa shape index (κ1) is 23.4. The summed E-state index contributed by atoms with van der Waals surface area (Å²) in [5.41, 5.74) is 1.02. The van der Waals surface area contributed by atoms with Crippen molar-refractivity contribution in [1.82, 2.24) is 0 Å². The number of benzene rings is 4. The number of hydrogen-bond donors (Lipinski definition) is 0. The molecule has 0 aliphatic heterocycles. The molecule has 0 fully saturated rings. The van der Waals surface area contributed by atoms with Gasteiger partial charge in [-0.1, -0.05) is 72.8 Å². The van der Waals surface area contributed by atoms with E-state index in [0.29, 0.717) is 6.61 Å². The van der Waals surface area contributed by atoms with Gasteiger partial charge in [-0.25, -0.2) is 4.57 Å². The highest BCUT2D eigenvalue weighted by Gasteiger charge is 2.25. The van der Waals surface area contributed by atoms with Gasteiger partial charge in [0.15, 0.2) is 0 Å². The Labute approximate surface area is 193 Å². The van der Waals surface area contributed by atoms with Crippen molar-refractivity contribution >= 4 is 29.4 Å². The van der Waals surface area contributed by atoms with Gasteiger partial charge < -0.3 is 9.47 Å². The number of rotatable bonds is 11. The van der Waals surface area contributed by atoms with Gasteiger partial charge in [-0.3, -0.25) is 13.6 Å². The Morgan fingerprint density at radius 3 is 2.24 bits per heavy atom. The molecule has 33 heavy (non-hydrogen) atoms. The van der Waals surface area contributed by atoms with E-state index in [1.807, 2.05) is 60.7 Å². The Hall–Kier alpha value is -2.73. The minimum Gasteiger partial charge on any atom is -0.490 e. The van der Waals surface area contributed by atoms with Crippen molar-refractivity contribution in [3.8, 4) is 5.75 Å². The summed E-state index contributed by atoms with van der Waals surface area (Å²) in [6.45, 7) is 0.536. The molecule has 0 spiro atoms. The van der Waals surface area contributed by atoms with Crippen LogP contribution in [0.3, 0.4) is 0 Å². The van der Waals surface area contributed by atoms with Crippen molar-refractivity contribution in [2.45, 2.75) is 12.7 Å². The van der Waals surface area contributed by atoms with Gasteiger partial charge in [-0.15, -0.1) is 0 Å². The zero-order valence-corrected chi connectivity index (χ0v) is 19.6. The van der Waals surface area contributed by atoms with E-state index in [9.17, 15) is 4.57 Å². The summed E-state index contributed by atoms with van der Waals surface area (Å²) < 4.78 is 39.8. The van der Waals surface area contributed by atoms with Gasteiger partial charge in [-0.2, -0.15) is 0 Å². The molecule has 0 heterocycles. The first-order chi connectivity index (χ1) is 16.1. The predicted octanol–water partition coefficient (Wildman–Crippen LogP) is 6.37. The Balaban J connectivity index is 1.47. The maximum Gasteiger partial charge on any atom is 0.474 e. The highest BCUT2D eigenvalue weighted by Crippen LogP contribution is 2.47. The number of fused-ring (bicyclic) bond motifs is 2. The molecule has 0 amide bonds. The Morgan fingerprint density at radius 1 is 0.758 bits per heavy atom. The summed E-state index contributed by atoms with van der Waals surface area (Å²) in [7, 11) is -1.07. The third-order valence-electron chi connectivity index (χ3n) is 5.34. The molecule has 0 saturated carbocycles. The van der Waals surface area contributed by atoms with Gasteiger partial charge in [0.2, 0.25) is 0 Å². The van der Waals surface area contributed by atoms with Crippen LogP contribution in [-0.4, -0.2) is 33.5 Å². The van der Waals surface area contributed by atoms with Crippen LogP contribution in [0.25, 0.3) is 21.5 Å². The summed E-state index contributed by atoms with van der Waals surface area (Å²) in [4.78, 5) is 0. The van der Waals surface area contributed by atoms with Gasteiger partial charge >= 0.3 is 7.82 Å². The van der Waals surface area contributed by atoms with E-state index in [0.717, 1.165) is 27.5 Å². The van der Waals surface area contributed by atoms with E-state index < -0.39 is 13.9 Å². The fourth-order valence-corrected chi connectivity index (χ4v) is 4.25. The number of phosphoric acid groups is 1. The van der Waals surface area contributed by atoms with Gasteiger partial charge in [0.1, 0.15) is 18.5 Å². The summed E-state index contributed by atoms with van der Waals surface area (Å²) in [5.74, 6) is 0.745. The highest BCUT2D eigenvalue weighted by atomic mass is 31.2. The Bertz CT molecular complexity index is 1240. The zero-order valence-electron chi connectivity index (χ0n) is 18.7. The molecule has 4 rings (SSSR count). The minimum atomic E-state index is -3.63. The van der Waals surface area contributed by atoms with Crippen LogP contribution in [0.2, 0.25) is 0 Å². The Kier molecular flexibility index (Phi) is 7.76. The van der Waals surface area contributed by atoms with Crippen molar-refractivity contribution in [2.75, 3.05) is 27.4 Å². The van der Waals surface area contributed by atoms with Crippen molar-refractivity contribution in [3.63, 3.8) is 0 Å². The van der Waals surface area contributed by atoms with Crippen LogP contribution in [0.4, 0.5) is 0 Å². The van der Waals surface area contributed by atoms with Crippen LogP contribution in [0.15, 0.2) is 84.9 Å². The van der Waals surface area contributed by atoms with Gasteiger partial charge in [0.25, 0.3) is 0 Å². The molecular weight excluding hydrogens is 439 g/mol. The number of ether oxygens (including phenoxy) is 2. The topological polar surface area (TPSA) is 63.2 Å². The van der Waals surface area contributed by atoms with Crippen molar-refractivity contribution in [2.24, 2.45) is 0 Å². The molecule has 7 heteroatoms. The van der Waals surface area contributed by atoms with E-state index in [4.69, 9.17) is 23.0 Å². The predicted molar refractivity (Wildman–Crippen MR) is 130 cm³/mol. The fourth-order valence-electron chi connectivity index (χ4n) is 3.55. The third-order valence-corrected chi connectivity index (χ3v) is 6.70. The van der Waals surface area contributed by atoms with Crippen molar-refractivity contribution < 1.29 is 27.6 Å². The lowest BCUT2D eigenvalue weighted by atomic mass is 10.1. The normalized spacial score (nSPS) is 12.8. The van der Waals surface area contributed by atoms with E-state index >= 15 is 0 Å². The summed E-state index contributed by atoms with van der Waals surface area (Å²) in [6, 6.07) is 28.2. The van der Waals surface area contributed by atoms with E-state index in [-0.39, 0.29) is 13.2 Å². The minimum absolute atomic E-state index is 0.0166. The van der Waals surface area contributed by atoms with E-state index in [1.54, 1.807) is 0 Å². The first-order valence-corrected chi connectivity index (χ1v) is 12.1. The lowest BCUT2D eigenvalue weighted by Gasteiger charge is -2.21. The molecule has 0 N–H and O–H groups in total. The standard InChI is InChI=1S/C26H27O6P/c1-28-33(27,29-2)32-19-24(18-31-26-13-7-11-22-9-5-6-12-25(22)26)30-17-20-14-15-21-8-3-4-10-23(21)16-20/h3-16,24H,17-19H2,1-2H3. The maximum atomic E-state index is 12.4. The average molecular weight is 466 g/mol. The summed E-state index contributed by atoms with van der Waals surface area (Å²) >= 11 is 0. The lowest BCUT2D eigenvalue weighted by molar-refractivity contribution is -0.0241. The van der Waals surface area contributed by atoms with Crippen molar-refractivity contribution in [1.29, 1.82) is 0 Å². The van der Waals surface area contributed by atoms with E-state index in [1.165, 1.54) is 19.6 Å². The van der Waals surface area contributed by atoms with Crippen LogP contribution < -0.4 is 4.74 Å². The molecule has 1 unspecified atom stereocenters. The molecular formula is C26H27O6P. The second kappa shape index (κ2) is 10.9. The van der Waals surface area contributed by atoms with Crippen molar-refractivity contribution in [3.05, 3.63) is 90.5 Å². The quantitative estimate of drug-likeness (QED) is 0.239. The molecule has 0 saturated heterocycles. The van der Waals surface area contributed by atoms with Gasteiger partial charge in [-0.05, 0) is 33.9 Å². The lowest BCUT2D eigenvalue weighted by Crippen LogP contribution is -2.27. The monoisotopic (exact) mass is 466 g/mol.